The van der Waals surface area contributed by atoms with E-state index in [9.17, 15) is 22.4 Å². The molecule has 5 rings (SSSR count). The Morgan fingerprint density at radius 2 is 1.82 bits per heavy atom. The summed E-state index contributed by atoms with van der Waals surface area (Å²) in [6.07, 6.45) is 0.511. The van der Waals surface area contributed by atoms with Crippen LogP contribution in [0.1, 0.15) is 47.1 Å². The van der Waals surface area contributed by atoms with Gasteiger partial charge in [0.15, 0.2) is 0 Å². The largest absolute Gasteiger partial charge is 0.490 e. The number of anilines is 2. The van der Waals surface area contributed by atoms with Gasteiger partial charge in [-0.15, -0.1) is 0 Å². The lowest BCUT2D eigenvalue weighted by Gasteiger charge is -2.29. The molecule has 0 bridgehead atoms. The molecule has 0 spiro atoms. The zero-order valence-corrected chi connectivity index (χ0v) is 20.5. The van der Waals surface area contributed by atoms with Crippen molar-refractivity contribution in [2.24, 2.45) is 0 Å². The monoisotopic (exact) mass is 539 g/mol. The molecule has 0 unspecified atom stereocenters. The van der Waals surface area contributed by atoms with E-state index in [1.807, 2.05) is 0 Å². The van der Waals surface area contributed by atoms with Crippen LogP contribution in [0.3, 0.4) is 0 Å². The second kappa shape index (κ2) is 10.4. The number of halogens is 4. The number of aromatic nitrogens is 4. The summed E-state index contributed by atoms with van der Waals surface area (Å²) in [5.41, 5.74) is 2.58. The lowest BCUT2D eigenvalue weighted by molar-refractivity contribution is -0.192. The van der Waals surface area contributed by atoms with Gasteiger partial charge in [-0.1, -0.05) is 0 Å². The minimum atomic E-state index is -5.08. The van der Waals surface area contributed by atoms with Gasteiger partial charge in [-0.2, -0.15) is 13.2 Å². The van der Waals surface area contributed by atoms with Crippen LogP contribution in [-0.4, -0.2) is 73.3 Å². The summed E-state index contributed by atoms with van der Waals surface area (Å²) in [5, 5.41) is 14.2. The Bertz CT molecular complexity index is 1360. The first-order valence-electron chi connectivity index (χ1n) is 11.7. The number of fused-ring (bicyclic) bond motifs is 2. The molecule has 3 aromatic heterocycles. The van der Waals surface area contributed by atoms with Crippen molar-refractivity contribution >= 4 is 34.6 Å². The van der Waals surface area contributed by atoms with E-state index in [1.54, 1.807) is 11.8 Å². The zero-order chi connectivity index (χ0) is 27.7. The fraction of sp³-hybridized carbons (Fsp3) is 0.478. The average Bonchev–Trinajstić information content (AvgIpc) is 3.49. The van der Waals surface area contributed by atoms with Gasteiger partial charge in [-0.25, -0.2) is 29.1 Å². The van der Waals surface area contributed by atoms with Crippen molar-refractivity contribution in [3.8, 4) is 0 Å². The normalized spacial score (nSPS) is 15.8. The predicted octanol–water partition coefficient (Wildman–Crippen LogP) is 3.50. The van der Waals surface area contributed by atoms with Crippen molar-refractivity contribution in [1.29, 1.82) is 0 Å². The zero-order valence-electron chi connectivity index (χ0n) is 20.5. The van der Waals surface area contributed by atoms with Crippen molar-refractivity contribution in [3.63, 3.8) is 0 Å². The van der Waals surface area contributed by atoms with E-state index < -0.39 is 18.8 Å². The second-order valence-electron chi connectivity index (χ2n) is 9.16. The van der Waals surface area contributed by atoms with Gasteiger partial charge in [0.1, 0.15) is 36.7 Å². The summed E-state index contributed by atoms with van der Waals surface area (Å²) < 4.78 is 50.1. The molecule has 0 aromatic carbocycles. The molecule has 0 radical (unpaired) electrons. The topological polar surface area (TPSA) is 146 Å². The van der Waals surface area contributed by atoms with Crippen LogP contribution in [0.4, 0.5) is 29.2 Å². The molecule has 15 heteroatoms. The first kappa shape index (κ1) is 27.0. The standard InChI is InChI=1S/C21H24FN7O2.C2HF3O2/c1-12-15(16-18(28-21(2)4-5-21)26-11-27-19(16)31-12)20(30)29-8-3-13-14(9-29)24-10-25-17(13)23-7-6-22;3-2(4,5)1(6)7/h10-11H,3-9H2,1-2H3,(H,23,24,25)(H,26,27,28);(H,6,7). The molecule has 3 aromatic rings. The van der Waals surface area contributed by atoms with E-state index in [-0.39, 0.29) is 18.0 Å². The van der Waals surface area contributed by atoms with E-state index in [2.05, 4.69) is 37.5 Å². The summed E-state index contributed by atoms with van der Waals surface area (Å²) in [7, 11) is 0. The number of carboxylic acids is 1. The van der Waals surface area contributed by atoms with Gasteiger partial charge in [-0.3, -0.25) is 4.79 Å². The molecule has 1 fully saturated rings. The fourth-order valence-corrected chi connectivity index (χ4v) is 4.00. The van der Waals surface area contributed by atoms with Crippen LogP contribution in [0.25, 0.3) is 11.1 Å². The van der Waals surface area contributed by atoms with Crippen LogP contribution in [0.15, 0.2) is 17.1 Å². The number of hydrogen-bond acceptors (Lipinski definition) is 9. The van der Waals surface area contributed by atoms with E-state index >= 15 is 0 Å². The molecule has 4 heterocycles. The van der Waals surface area contributed by atoms with Crippen LogP contribution in [-0.2, 0) is 17.8 Å². The molecular formula is C23H25F4N7O4. The number of aryl methyl sites for hydroxylation is 1. The number of nitrogens with one attached hydrogen (secondary N) is 2. The molecule has 38 heavy (non-hydrogen) atoms. The Morgan fingerprint density at radius 1 is 1.16 bits per heavy atom. The highest BCUT2D eigenvalue weighted by Gasteiger charge is 2.39. The van der Waals surface area contributed by atoms with Crippen molar-refractivity contribution < 1.29 is 36.7 Å². The van der Waals surface area contributed by atoms with Crippen molar-refractivity contribution in [1.82, 2.24) is 24.8 Å². The van der Waals surface area contributed by atoms with E-state index in [4.69, 9.17) is 14.3 Å². The molecule has 0 saturated heterocycles. The second-order valence-corrected chi connectivity index (χ2v) is 9.16. The third-order valence-electron chi connectivity index (χ3n) is 6.22. The number of hydrogen-bond donors (Lipinski definition) is 3. The van der Waals surface area contributed by atoms with Gasteiger partial charge < -0.3 is 25.1 Å². The number of amides is 1. The molecule has 0 atom stereocenters. The Kier molecular flexibility index (Phi) is 7.37. The van der Waals surface area contributed by atoms with Crippen molar-refractivity contribution in [2.45, 2.75) is 51.4 Å². The lowest BCUT2D eigenvalue weighted by Crippen LogP contribution is -2.37. The van der Waals surface area contributed by atoms with Crippen LogP contribution in [0.2, 0.25) is 0 Å². The number of nitrogens with zero attached hydrogens (tertiary/aromatic N) is 5. The van der Waals surface area contributed by atoms with Crippen molar-refractivity contribution in [2.75, 3.05) is 30.4 Å². The molecule has 2 aliphatic rings. The van der Waals surface area contributed by atoms with Gasteiger partial charge in [-0.05, 0) is 33.1 Å². The minimum Gasteiger partial charge on any atom is -0.475 e. The number of rotatable bonds is 6. The molecule has 3 N–H and O–H groups in total. The highest BCUT2D eigenvalue weighted by molar-refractivity contribution is 6.10. The minimum absolute atomic E-state index is 0.00320. The number of carboxylic acid groups (broad SMARTS) is 1. The molecular weight excluding hydrogens is 514 g/mol. The van der Waals surface area contributed by atoms with Gasteiger partial charge >= 0.3 is 12.1 Å². The lowest BCUT2D eigenvalue weighted by atomic mass is 10.0. The van der Waals surface area contributed by atoms with Crippen LogP contribution in [0, 0.1) is 6.92 Å². The maximum atomic E-state index is 13.6. The summed E-state index contributed by atoms with van der Waals surface area (Å²) >= 11 is 0. The first-order chi connectivity index (χ1) is 17.9. The summed E-state index contributed by atoms with van der Waals surface area (Å²) in [5.74, 6) is -1.12. The Hall–Kier alpha value is -4.04. The maximum absolute atomic E-state index is 13.6. The molecule has 1 aliphatic heterocycles. The number of carbonyl (C=O) groups excluding carboxylic acids is 1. The van der Waals surface area contributed by atoms with E-state index in [1.165, 1.54) is 12.7 Å². The quantitative estimate of drug-likeness (QED) is 0.398. The Labute approximate surface area is 213 Å². The molecule has 1 amide bonds. The van der Waals surface area contributed by atoms with E-state index in [0.717, 1.165) is 24.1 Å². The third kappa shape index (κ3) is 5.75. The number of carbonyl (C=O) groups is 2. The van der Waals surface area contributed by atoms with Gasteiger partial charge in [0.2, 0.25) is 5.71 Å². The van der Waals surface area contributed by atoms with Gasteiger partial charge in [0.25, 0.3) is 5.91 Å². The molecule has 1 aliphatic carbocycles. The third-order valence-corrected chi connectivity index (χ3v) is 6.22. The molecule has 1 saturated carbocycles. The number of aliphatic carboxylic acids is 1. The molecule has 11 nitrogen and oxygen atoms in total. The SMILES string of the molecule is Cc1oc2ncnc(NC3(C)CC3)c2c1C(=O)N1CCc2c(ncnc2NCCF)C1.O=C(O)C(F)(F)F. The number of alkyl halides is 4. The van der Waals surface area contributed by atoms with Crippen LogP contribution < -0.4 is 10.6 Å². The first-order valence-corrected chi connectivity index (χ1v) is 11.7. The predicted molar refractivity (Wildman–Crippen MR) is 126 cm³/mol. The van der Waals surface area contributed by atoms with Crippen molar-refractivity contribution in [3.05, 3.63) is 35.2 Å². The van der Waals surface area contributed by atoms with Gasteiger partial charge in [0, 0.05) is 24.2 Å². The average molecular weight is 539 g/mol. The maximum Gasteiger partial charge on any atom is 0.490 e. The number of furan rings is 1. The highest BCUT2D eigenvalue weighted by atomic mass is 19.4. The summed E-state index contributed by atoms with van der Waals surface area (Å²) in [4.78, 5) is 41.4. The fourth-order valence-electron chi connectivity index (χ4n) is 4.00. The van der Waals surface area contributed by atoms with E-state index in [0.29, 0.717) is 53.6 Å². The van der Waals surface area contributed by atoms with Crippen LogP contribution in [0.5, 0.6) is 0 Å². The summed E-state index contributed by atoms with van der Waals surface area (Å²) in [6, 6.07) is 0. The molecule has 204 valence electrons. The van der Waals surface area contributed by atoms with Crippen LogP contribution >= 0.6 is 0 Å². The highest BCUT2D eigenvalue weighted by Crippen LogP contribution is 2.40. The van der Waals surface area contributed by atoms with Gasteiger partial charge in [0.05, 0.1) is 23.2 Å². The Morgan fingerprint density at radius 3 is 2.45 bits per heavy atom. The summed E-state index contributed by atoms with van der Waals surface area (Å²) in [6.45, 7) is 4.47. The smallest absolute Gasteiger partial charge is 0.475 e. The Balaban J connectivity index is 0.000000426.